The summed E-state index contributed by atoms with van der Waals surface area (Å²) in [4.78, 5) is 0. The standard InChI is InChI=1S/C45H61NOS2/c1-31-8-7-14-45(25-31)29-44(17-16-43(28-44)12-5-6-13-43)26-39-36-20-33-18-32(21-38(47)22-33)19-34-9-3-4-10-35(34)27-46-42(2)15-11-41(49-48-30-42)37(23-36)24-40(39)45/h3-4,7,9-10,14,18,21-22,31,36-37,39-41,46-47H,5-6,8,11-13,15-17,19-20,23-30H2,1-2H3/t31-,36+,37-,39-,40-,41+,42+,44+,45+/m1/s1. The summed E-state index contributed by atoms with van der Waals surface area (Å²) in [5, 5.41) is 16.0. The first kappa shape index (κ1) is 33.5. The molecule has 49 heavy (non-hydrogen) atoms. The first-order valence-electron chi connectivity index (χ1n) is 20.3. The Morgan fingerprint density at radius 1 is 0.857 bits per heavy atom. The van der Waals surface area contributed by atoms with Gasteiger partial charge in [-0.25, -0.2) is 0 Å². The van der Waals surface area contributed by atoms with Crippen LogP contribution in [0.2, 0.25) is 0 Å². The summed E-state index contributed by atoms with van der Waals surface area (Å²) in [6, 6.07) is 15.7. The van der Waals surface area contributed by atoms with Crippen molar-refractivity contribution in [2.45, 2.75) is 140 Å². The molecule has 9 atom stereocenters. The van der Waals surface area contributed by atoms with Crippen molar-refractivity contribution in [3.63, 3.8) is 0 Å². The SMILES string of the molecule is C[C@@H]1CC=C[C@]2(C1)C[C@@]1(CCC3(CCCC3)C1)C[C@@H]1[C@H]3Cc4cc(O)cc(c4)Cc4ccccc4CN[C@@]4(C)CC[C@H](SSC4)[C@H](C3)C[C@H]12. The number of phenolic OH excluding ortho intramolecular Hbond substituents is 1. The van der Waals surface area contributed by atoms with Gasteiger partial charge in [0.05, 0.1) is 0 Å². The number of aromatic hydroxyl groups is 1. The Labute approximate surface area is 305 Å². The summed E-state index contributed by atoms with van der Waals surface area (Å²) >= 11 is 0. The molecule has 0 aromatic heterocycles. The Hall–Kier alpha value is -1.36. The molecule has 2 heterocycles. The van der Waals surface area contributed by atoms with Crippen LogP contribution in [0, 0.1) is 45.8 Å². The minimum atomic E-state index is 0.157. The lowest BCUT2D eigenvalue weighted by atomic mass is 9.44. The van der Waals surface area contributed by atoms with Gasteiger partial charge in [-0.2, -0.15) is 0 Å². The summed E-state index contributed by atoms with van der Waals surface area (Å²) in [7, 11) is 4.44. The van der Waals surface area contributed by atoms with Gasteiger partial charge >= 0.3 is 0 Å². The van der Waals surface area contributed by atoms with Gasteiger partial charge in [0.15, 0.2) is 0 Å². The zero-order valence-electron chi connectivity index (χ0n) is 30.4. The molecule has 7 aliphatic rings. The lowest BCUT2D eigenvalue weighted by molar-refractivity contribution is -0.0869. The van der Waals surface area contributed by atoms with Gasteiger partial charge < -0.3 is 10.4 Å². The number of rotatable bonds is 0. The fourth-order valence-electron chi connectivity index (χ4n) is 13.5. The molecule has 3 spiro atoms. The molecule has 9 rings (SSSR count). The number of allylic oxidation sites excluding steroid dienone is 2. The molecule has 0 amide bonds. The highest BCUT2D eigenvalue weighted by Crippen LogP contribution is 2.71. The molecule has 0 unspecified atom stereocenters. The summed E-state index contributed by atoms with van der Waals surface area (Å²) in [5.41, 5.74) is 7.21. The third-order valence-corrected chi connectivity index (χ3v) is 18.8. The Morgan fingerprint density at radius 2 is 1.67 bits per heavy atom. The largest absolute Gasteiger partial charge is 0.508 e. The van der Waals surface area contributed by atoms with Gasteiger partial charge in [-0.05, 0) is 183 Å². The molecule has 2 aromatic rings. The average Bonchev–Trinajstić information content (AvgIpc) is 3.61. The van der Waals surface area contributed by atoms with Crippen LogP contribution < -0.4 is 5.32 Å². The van der Waals surface area contributed by atoms with Crippen molar-refractivity contribution >= 4 is 21.6 Å². The van der Waals surface area contributed by atoms with Crippen molar-refractivity contribution in [3.8, 4) is 5.75 Å². The maximum absolute atomic E-state index is 11.2. The first-order valence-corrected chi connectivity index (χ1v) is 22.7. The maximum atomic E-state index is 11.2. The van der Waals surface area contributed by atoms with Crippen LogP contribution in [0.4, 0.5) is 0 Å². The zero-order chi connectivity index (χ0) is 33.3. The highest BCUT2D eigenvalue weighted by atomic mass is 33.1. The second-order valence-electron chi connectivity index (χ2n) is 19.2. The van der Waals surface area contributed by atoms with Gasteiger partial charge in [0.2, 0.25) is 0 Å². The summed E-state index contributed by atoms with van der Waals surface area (Å²) in [5.74, 6) is 5.55. The quantitative estimate of drug-likeness (QED) is 0.212. The average molecular weight is 696 g/mol. The first-order chi connectivity index (χ1) is 23.7. The molecule has 0 radical (unpaired) electrons. The van der Waals surface area contributed by atoms with E-state index in [1.54, 1.807) is 0 Å². The monoisotopic (exact) mass is 695 g/mol. The van der Waals surface area contributed by atoms with E-state index in [-0.39, 0.29) is 5.54 Å². The highest BCUT2D eigenvalue weighted by Gasteiger charge is 2.61. The second kappa shape index (κ2) is 12.9. The van der Waals surface area contributed by atoms with Crippen LogP contribution in [0.3, 0.4) is 0 Å². The van der Waals surface area contributed by atoms with E-state index in [9.17, 15) is 5.11 Å². The van der Waals surface area contributed by atoms with Gasteiger partial charge in [-0.1, -0.05) is 83.8 Å². The number of phenols is 1. The van der Waals surface area contributed by atoms with Crippen molar-refractivity contribution in [2.75, 3.05) is 5.75 Å². The van der Waals surface area contributed by atoms with Gasteiger partial charge in [0.1, 0.15) is 5.75 Å². The van der Waals surface area contributed by atoms with Gasteiger partial charge in [0, 0.05) is 23.1 Å². The lowest BCUT2D eigenvalue weighted by Crippen LogP contribution is -2.53. The molecular formula is C45H61NOS2. The topological polar surface area (TPSA) is 32.3 Å². The number of hydrogen-bond donors (Lipinski definition) is 2. The van der Waals surface area contributed by atoms with E-state index in [0.29, 0.717) is 27.9 Å². The number of benzene rings is 2. The number of fused-ring (bicyclic) bond motifs is 12. The molecule has 2 N–H and O–H groups in total. The van der Waals surface area contributed by atoms with Crippen LogP contribution >= 0.6 is 21.6 Å². The molecule has 1 saturated heterocycles. The van der Waals surface area contributed by atoms with Crippen molar-refractivity contribution in [1.29, 1.82) is 0 Å². The lowest BCUT2D eigenvalue weighted by Gasteiger charge is -2.61. The molecule has 6 bridgehead atoms. The predicted molar refractivity (Wildman–Crippen MR) is 209 cm³/mol. The third kappa shape index (κ3) is 6.49. The summed E-state index contributed by atoms with van der Waals surface area (Å²) < 4.78 is 0. The zero-order valence-corrected chi connectivity index (χ0v) is 32.0. The number of nitrogens with one attached hydrogen (secondary N) is 1. The highest BCUT2D eigenvalue weighted by molar-refractivity contribution is 8.77. The Balaban J connectivity index is 1.13. The Kier molecular flexibility index (Phi) is 8.84. The maximum Gasteiger partial charge on any atom is 0.116 e. The summed E-state index contributed by atoms with van der Waals surface area (Å²) in [6.45, 7) is 5.98. The molecule has 2 aromatic carbocycles. The van der Waals surface area contributed by atoms with Gasteiger partial charge in [-0.15, -0.1) is 0 Å². The molecule has 5 aliphatic carbocycles. The van der Waals surface area contributed by atoms with Crippen molar-refractivity contribution < 1.29 is 5.11 Å². The Bertz CT molecular complexity index is 1560. The molecule has 264 valence electrons. The van der Waals surface area contributed by atoms with Crippen molar-refractivity contribution in [3.05, 3.63) is 76.9 Å². The van der Waals surface area contributed by atoms with E-state index < -0.39 is 0 Å². The second-order valence-corrected chi connectivity index (χ2v) is 21.8. The fraction of sp³-hybridized carbons (Fsp3) is 0.689. The van der Waals surface area contributed by atoms with Crippen LogP contribution in [-0.2, 0) is 19.4 Å². The van der Waals surface area contributed by atoms with Crippen LogP contribution in [-0.4, -0.2) is 21.6 Å². The third-order valence-electron chi connectivity index (χ3n) is 15.5. The normalized spacial score (nSPS) is 41.5. The smallest absolute Gasteiger partial charge is 0.116 e. The molecule has 5 fully saturated rings. The minimum absolute atomic E-state index is 0.157. The van der Waals surface area contributed by atoms with E-state index in [0.717, 1.165) is 48.3 Å². The summed E-state index contributed by atoms with van der Waals surface area (Å²) in [6.07, 6.45) is 29.1. The minimum Gasteiger partial charge on any atom is -0.508 e. The van der Waals surface area contributed by atoms with Crippen molar-refractivity contribution in [1.82, 2.24) is 5.32 Å². The van der Waals surface area contributed by atoms with E-state index in [1.807, 2.05) is 6.07 Å². The fourth-order valence-corrected chi connectivity index (χ4v) is 17.1. The van der Waals surface area contributed by atoms with Crippen molar-refractivity contribution in [2.24, 2.45) is 45.8 Å². The van der Waals surface area contributed by atoms with Crippen LogP contribution in [0.15, 0.2) is 54.6 Å². The van der Waals surface area contributed by atoms with Gasteiger partial charge in [-0.3, -0.25) is 0 Å². The van der Waals surface area contributed by atoms with E-state index in [4.69, 9.17) is 0 Å². The van der Waals surface area contributed by atoms with Gasteiger partial charge in [0.25, 0.3) is 0 Å². The van der Waals surface area contributed by atoms with E-state index in [2.05, 4.69) is 89.3 Å². The number of hydrogen-bond acceptors (Lipinski definition) is 4. The molecule has 4 saturated carbocycles. The molecule has 4 heteroatoms. The molecule has 2 aliphatic heterocycles. The van der Waals surface area contributed by atoms with Crippen LogP contribution in [0.25, 0.3) is 0 Å². The predicted octanol–water partition coefficient (Wildman–Crippen LogP) is 11.7. The van der Waals surface area contributed by atoms with Crippen LogP contribution in [0.5, 0.6) is 5.75 Å². The Morgan fingerprint density at radius 3 is 2.53 bits per heavy atom. The van der Waals surface area contributed by atoms with E-state index >= 15 is 0 Å². The van der Waals surface area contributed by atoms with Crippen LogP contribution in [0.1, 0.15) is 132 Å². The van der Waals surface area contributed by atoms with E-state index in [1.165, 1.54) is 124 Å². The molecule has 2 nitrogen and oxygen atoms in total. The molecular weight excluding hydrogens is 635 g/mol.